The minimum atomic E-state index is -0.188. The van der Waals surface area contributed by atoms with Crippen LogP contribution in [0.3, 0.4) is 0 Å². The molecule has 0 fully saturated rings. The van der Waals surface area contributed by atoms with Crippen LogP contribution in [-0.2, 0) is 6.54 Å². The second kappa shape index (κ2) is 7.48. The highest BCUT2D eigenvalue weighted by atomic mass is 16.2. The van der Waals surface area contributed by atoms with Gasteiger partial charge in [0, 0.05) is 34.5 Å². The number of H-pyrrole nitrogens is 1. The molecule has 0 spiro atoms. The first kappa shape index (κ1) is 17.7. The molecule has 5 nitrogen and oxygen atoms in total. The van der Waals surface area contributed by atoms with Gasteiger partial charge in [0.2, 0.25) is 5.56 Å². The molecule has 28 heavy (non-hydrogen) atoms. The number of amides is 1. The van der Waals surface area contributed by atoms with Gasteiger partial charge in [-0.15, -0.1) is 0 Å². The van der Waals surface area contributed by atoms with Crippen molar-refractivity contribution in [2.24, 2.45) is 0 Å². The molecule has 4 rings (SSSR count). The van der Waals surface area contributed by atoms with Crippen LogP contribution < -0.4 is 10.5 Å². The standard InChI is InChI=1S/C23H19N3O2/c1-16-19(11-7-13-24-16)23(28)26(18-8-3-2-4-9-18)15-17-14-22(27)25-21-12-6-5-10-20(17)21/h2-14H,15H2,1H3,(H,25,27). The topological polar surface area (TPSA) is 66.1 Å². The molecule has 2 aromatic carbocycles. The van der Waals surface area contributed by atoms with E-state index in [1.807, 2.05) is 61.5 Å². The molecule has 0 saturated carbocycles. The van der Waals surface area contributed by atoms with Crippen molar-refractivity contribution in [3.05, 3.63) is 106 Å². The summed E-state index contributed by atoms with van der Waals surface area (Å²) in [5.74, 6) is -0.152. The fraction of sp³-hybridized carbons (Fsp3) is 0.0870. The van der Waals surface area contributed by atoms with Gasteiger partial charge in [0.15, 0.2) is 0 Å². The molecule has 1 amide bonds. The second-order valence-electron chi connectivity index (χ2n) is 6.57. The van der Waals surface area contributed by atoms with Crippen LogP contribution in [0, 0.1) is 6.92 Å². The molecule has 0 aliphatic carbocycles. The lowest BCUT2D eigenvalue weighted by atomic mass is 10.1. The first-order valence-corrected chi connectivity index (χ1v) is 9.03. The first-order valence-electron chi connectivity index (χ1n) is 9.03. The quantitative estimate of drug-likeness (QED) is 0.589. The summed E-state index contributed by atoms with van der Waals surface area (Å²) in [5.41, 5.74) is 3.33. The van der Waals surface area contributed by atoms with Gasteiger partial charge < -0.3 is 9.88 Å². The molecule has 0 radical (unpaired) electrons. The van der Waals surface area contributed by atoms with Crippen molar-refractivity contribution in [3.8, 4) is 0 Å². The maximum atomic E-state index is 13.4. The summed E-state index contributed by atoms with van der Waals surface area (Å²) in [6.07, 6.45) is 1.67. The lowest BCUT2D eigenvalue weighted by molar-refractivity contribution is 0.0984. The lowest BCUT2D eigenvalue weighted by Crippen LogP contribution is -2.31. The van der Waals surface area contributed by atoms with Crippen molar-refractivity contribution >= 4 is 22.5 Å². The van der Waals surface area contributed by atoms with Crippen molar-refractivity contribution in [2.45, 2.75) is 13.5 Å². The van der Waals surface area contributed by atoms with Gasteiger partial charge in [0.05, 0.1) is 12.1 Å². The van der Waals surface area contributed by atoms with Crippen LogP contribution in [0.2, 0.25) is 0 Å². The maximum absolute atomic E-state index is 13.4. The Kier molecular flexibility index (Phi) is 4.72. The monoisotopic (exact) mass is 369 g/mol. The number of fused-ring (bicyclic) bond motifs is 1. The highest BCUT2D eigenvalue weighted by Crippen LogP contribution is 2.23. The molecule has 0 unspecified atom stereocenters. The van der Waals surface area contributed by atoms with Crippen LogP contribution in [0.4, 0.5) is 5.69 Å². The summed E-state index contributed by atoms with van der Waals surface area (Å²) < 4.78 is 0. The highest BCUT2D eigenvalue weighted by Gasteiger charge is 2.21. The normalized spacial score (nSPS) is 10.8. The second-order valence-corrected chi connectivity index (χ2v) is 6.57. The Labute approximate surface area is 162 Å². The van der Waals surface area contributed by atoms with Crippen LogP contribution >= 0.6 is 0 Å². The molecule has 0 bridgehead atoms. The number of aryl methyl sites for hydroxylation is 1. The molecular formula is C23H19N3O2. The average molecular weight is 369 g/mol. The minimum Gasteiger partial charge on any atom is -0.322 e. The number of para-hydroxylation sites is 2. The number of nitrogens with zero attached hydrogens (tertiary/aromatic N) is 2. The van der Waals surface area contributed by atoms with Crippen molar-refractivity contribution in [3.63, 3.8) is 0 Å². The van der Waals surface area contributed by atoms with Crippen LogP contribution in [0.5, 0.6) is 0 Å². The van der Waals surface area contributed by atoms with E-state index in [1.54, 1.807) is 29.3 Å². The van der Waals surface area contributed by atoms with Gasteiger partial charge in [-0.1, -0.05) is 36.4 Å². The Morgan fingerprint density at radius 3 is 2.54 bits per heavy atom. The number of carbonyl (C=O) groups excluding carboxylic acids is 1. The lowest BCUT2D eigenvalue weighted by Gasteiger charge is -2.24. The van der Waals surface area contributed by atoms with E-state index >= 15 is 0 Å². The minimum absolute atomic E-state index is 0.152. The molecule has 2 heterocycles. The molecular weight excluding hydrogens is 350 g/mol. The van der Waals surface area contributed by atoms with E-state index in [2.05, 4.69) is 9.97 Å². The fourth-order valence-electron chi connectivity index (χ4n) is 3.32. The number of aromatic amines is 1. The third-order valence-electron chi connectivity index (χ3n) is 4.72. The molecule has 0 aliphatic heterocycles. The predicted molar refractivity (Wildman–Crippen MR) is 110 cm³/mol. The van der Waals surface area contributed by atoms with Gasteiger partial charge in [0.25, 0.3) is 5.91 Å². The molecule has 5 heteroatoms. The van der Waals surface area contributed by atoms with E-state index in [4.69, 9.17) is 0 Å². The summed E-state index contributed by atoms with van der Waals surface area (Å²) in [6.45, 7) is 2.10. The molecule has 2 aromatic heterocycles. The van der Waals surface area contributed by atoms with E-state index in [0.717, 1.165) is 22.2 Å². The molecule has 138 valence electrons. The zero-order valence-corrected chi connectivity index (χ0v) is 15.4. The number of pyridine rings is 2. The van der Waals surface area contributed by atoms with Crippen LogP contribution in [-0.4, -0.2) is 15.9 Å². The number of benzene rings is 2. The third-order valence-corrected chi connectivity index (χ3v) is 4.72. The fourth-order valence-corrected chi connectivity index (χ4v) is 3.32. The molecule has 1 N–H and O–H groups in total. The van der Waals surface area contributed by atoms with Crippen molar-refractivity contribution in [2.75, 3.05) is 4.90 Å². The Morgan fingerprint density at radius 2 is 1.75 bits per heavy atom. The maximum Gasteiger partial charge on any atom is 0.260 e. The molecule has 4 aromatic rings. The molecule has 0 saturated heterocycles. The number of nitrogens with one attached hydrogen (secondary N) is 1. The number of aromatic nitrogens is 2. The van der Waals surface area contributed by atoms with Gasteiger partial charge in [-0.2, -0.15) is 0 Å². The Balaban J connectivity index is 1.83. The van der Waals surface area contributed by atoms with E-state index in [9.17, 15) is 9.59 Å². The summed E-state index contributed by atoms with van der Waals surface area (Å²) in [6, 6.07) is 22.2. The highest BCUT2D eigenvalue weighted by molar-refractivity contribution is 6.07. The zero-order chi connectivity index (χ0) is 19.5. The smallest absolute Gasteiger partial charge is 0.260 e. The summed E-state index contributed by atoms with van der Waals surface area (Å²) in [4.78, 5) is 34.3. The zero-order valence-electron chi connectivity index (χ0n) is 15.4. The largest absolute Gasteiger partial charge is 0.322 e. The third kappa shape index (κ3) is 3.42. The number of hydrogen-bond acceptors (Lipinski definition) is 3. The number of rotatable bonds is 4. The Bertz CT molecular complexity index is 1200. The van der Waals surface area contributed by atoms with Crippen LogP contribution in [0.25, 0.3) is 10.9 Å². The average Bonchev–Trinajstić information content (AvgIpc) is 2.72. The van der Waals surface area contributed by atoms with Crippen LogP contribution in [0.15, 0.2) is 83.8 Å². The van der Waals surface area contributed by atoms with Crippen molar-refractivity contribution in [1.29, 1.82) is 0 Å². The van der Waals surface area contributed by atoms with Crippen molar-refractivity contribution in [1.82, 2.24) is 9.97 Å². The molecule has 0 atom stereocenters. The van der Waals surface area contributed by atoms with E-state index in [1.165, 1.54) is 0 Å². The van der Waals surface area contributed by atoms with Gasteiger partial charge in [0.1, 0.15) is 0 Å². The Hall–Kier alpha value is -3.73. The van der Waals surface area contributed by atoms with Crippen molar-refractivity contribution < 1.29 is 4.79 Å². The van der Waals surface area contributed by atoms with Gasteiger partial charge in [-0.3, -0.25) is 14.6 Å². The summed E-state index contributed by atoms with van der Waals surface area (Å²) in [5, 5.41) is 0.915. The SMILES string of the molecule is Cc1ncccc1C(=O)N(Cc1cc(=O)[nH]c2ccccc12)c1ccccc1. The summed E-state index contributed by atoms with van der Waals surface area (Å²) >= 11 is 0. The molecule has 0 aliphatic rings. The van der Waals surface area contributed by atoms with Gasteiger partial charge >= 0.3 is 0 Å². The van der Waals surface area contributed by atoms with E-state index in [0.29, 0.717) is 11.3 Å². The number of anilines is 1. The predicted octanol–water partition coefficient (Wildman–Crippen LogP) is 4.08. The Morgan fingerprint density at radius 1 is 1.00 bits per heavy atom. The van der Waals surface area contributed by atoms with Gasteiger partial charge in [-0.05, 0) is 42.8 Å². The summed E-state index contributed by atoms with van der Waals surface area (Å²) in [7, 11) is 0. The number of hydrogen-bond donors (Lipinski definition) is 1. The van der Waals surface area contributed by atoms with E-state index in [-0.39, 0.29) is 18.0 Å². The first-order chi connectivity index (χ1) is 13.6. The number of carbonyl (C=O) groups is 1. The van der Waals surface area contributed by atoms with Gasteiger partial charge in [-0.25, -0.2) is 0 Å². The van der Waals surface area contributed by atoms with Crippen LogP contribution in [0.1, 0.15) is 21.6 Å². The van der Waals surface area contributed by atoms with E-state index < -0.39 is 0 Å².